The van der Waals surface area contributed by atoms with Gasteiger partial charge in [0.1, 0.15) is 5.54 Å². The number of amides is 1. The Hall–Kier alpha value is -1.27. The molecule has 3 N–H and O–H groups in total. The van der Waals surface area contributed by atoms with Crippen LogP contribution in [0.3, 0.4) is 0 Å². The second kappa shape index (κ2) is 6.77. The van der Waals surface area contributed by atoms with Crippen LogP contribution in [0.5, 0.6) is 0 Å². The lowest BCUT2D eigenvalue weighted by atomic mass is 9.91. The van der Waals surface area contributed by atoms with E-state index >= 15 is 0 Å². The maximum absolute atomic E-state index is 11.7. The fourth-order valence-electron chi connectivity index (χ4n) is 1.61. The Labute approximate surface area is 124 Å². The van der Waals surface area contributed by atoms with Crippen LogP contribution in [0.25, 0.3) is 10.4 Å². The highest BCUT2D eigenvalue weighted by Crippen LogP contribution is 2.30. The molecule has 0 aliphatic carbocycles. The molecule has 1 aromatic rings. The summed E-state index contributed by atoms with van der Waals surface area (Å²) in [4.78, 5) is 14.3. The predicted molar refractivity (Wildman–Crippen MR) is 77.7 cm³/mol. The molecule has 0 spiro atoms. The molecule has 102 valence electrons. The van der Waals surface area contributed by atoms with Gasteiger partial charge in [0, 0.05) is 27.5 Å². The molecule has 1 atom stereocenters. The standard InChI is InChI=1S/C11H13BrClN5O/c1-11(10(14)19,16-4-5-17-18-15)8-3-2-7(12)6-9(8)13/h2-3,6,16H,4-5H2,1H3,(H2,14,19). The second-order valence-corrected chi connectivity index (χ2v) is 5.32. The molecule has 19 heavy (non-hydrogen) atoms. The average Bonchev–Trinajstić information content (AvgIpc) is 2.34. The van der Waals surface area contributed by atoms with Crippen molar-refractivity contribution in [2.24, 2.45) is 10.8 Å². The van der Waals surface area contributed by atoms with Crippen molar-refractivity contribution in [1.82, 2.24) is 5.32 Å². The van der Waals surface area contributed by atoms with Crippen LogP contribution in [-0.2, 0) is 10.3 Å². The van der Waals surface area contributed by atoms with E-state index in [2.05, 4.69) is 31.3 Å². The van der Waals surface area contributed by atoms with Crippen molar-refractivity contribution in [2.45, 2.75) is 12.5 Å². The molecule has 0 aliphatic heterocycles. The Morgan fingerprint density at radius 3 is 2.89 bits per heavy atom. The zero-order valence-corrected chi connectivity index (χ0v) is 12.6. The summed E-state index contributed by atoms with van der Waals surface area (Å²) in [7, 11) is 0. The number of nitrogens with zero attached hydrogens (tertiary/aromatic N) is 3. The van der Waals surface area contributed by atoms with Gasteiger partial charge in [0.2, 0.25) is 5.91 Å². The first-order valence-electron chi connectivity index (χ1n) is 5.43. The summed E-state index contributed by atoms with van der Waals surface area (Å²) < 4.78 is 0.808. The van der Waals surface area contributed by atoms with Crippen LogP contribution in [0.1, 0.15) is 12.5 Å². The lowest BCUT2D eigenvalue weighted by molar-refractivity contribution is -0.124. The van der Waals surface area contributed by atoms with Crippen LogP contribution < -0.4 is 11.1 Å². The number of nitrogens with one attached hydrogen (secondary N) is 1. The number of carbonyl (C=O) groups excluding carboxylic acids is 1. The number of carbonyl (C=O) groups is 1. The van der Waals surface area contributed by atoms with Gasteiger partial charge in [-0.2, -0.15) is 0 Å². The number of benzene rings is 1. The molecular formula is C11H13BrClN5O. The molecule has 1 amide bonds. The van der Waals surface area contributed by atoms with Crippen molar-refractivity contribution in [1.29, 1.82) is 0 Å². The Bertz CT molecular complexity index is 532. The van der Waals surface area contributed by atoms with E-state index in [0.29, 0.717) is 17.1 Å². The molecule has 0 heterocycles. The third-order valence-corrected chi connectivity index (χ3v) is 3.52. The minimum atomic E-state index is -1.12. The number of halogens is 2. The highest BCUT2D eigenvalue weighted by atomic mass is 79.9. The number of hydrogen-bond acceptors (Lipinski definition) is 3. The largest absolute Gasteiger partial charge is 0.368 e. The summed E-state index contributed by atoms with van der Waals surface area (Å²) in [6.45, 7) is 2.17. The van der Waals surface area contributed by atoms with Crippen LogP contribution in [0, 0.1) is 0 Å². The number of hydrogen-bond donors (Lipinski definition) is 2. The third kappa shape index (κ3) is 3.84. The van der Waals surface area contributed by atoms with Crippen LogP contribution in [-0.4, -0.2) is 19.0 Å². The van der Waals surface area contributed by atoms with E-state index in [1.165, 1.54) is 0 Å². The smallest absolute Gasteiger partial charge is 0.242 e. The maximum Gasteiger partial charge on any atom is 0.242 e. The topological polar surface area (TPSA) is 104 Å². The van der Waals surface area contributed by atoms with E-state index in [9.17, 15) is 4.79 Å². The normalized spacial score (nSPS) is 13.4. The molecule has 1 unspecified atom stereocenters. The molecule has 0 bridgehead atoms. The molecule has 0 saturated carbocycles. The monoisotopic (exact) mass is 345 g/mol. The Morgan fingerprint density at radius 2 is 2.37 bits per heavy atom. The third-order valence-electron chi connectivity index (χ3n) is 2.72. The molecular weight excluding hydrogens is 334 g/mol. The maximum atomic E-state index is 11.7. The van der Waals surface area contributed by atoms with Crippen molar-refractivity contribution in [3.05, 3.63) is 43.7 Å². The average molecular weight is 347 g/mol. The summed E-state index contributed by atoms with van der Waals surface area (Å²) in [5.41, 5.74) is 13.1. The van der Waals surface area contributed by atoms with E-state index in [1.807, 2.05) is 0 Å². The van der Waals surface area contributed by atoms with Gasteiger partial charge in [-0.3, -0.25) is 10.1 Å². The Balaban J connectivity index is 3.04. The molecule has 0 aliphatic rings. The van der Waals surface area contributed by atoms with Gasteiger partial charge < -0.3 is 5.73 Å². The van der Waals surface area contributed by atoms with Gasteiger partial charge in [-0.15, -0.1) is 0 Å². The molecule has 0 saturated heterocycles. The van der Waals surface area contributed by atoms with E-state index in [4.69, 9.17) is 22.9 Å². The quantitative estimate of drug-likeness (QED) is 0.358. The van der Waals surface area contributed by atoms with Gasteiger partial charge in [0.05, 0.1) is 0 Å². The summed E-state index contributed by atoms with van der Waals surface area (Å²) in [5.74, 6) is -0.558. The lowest BCUT2D eigenvalue weighted by Gasteiger charge is -2.29. The van der Waals surface area contributed by atoms with Gasteiger partial charge in [-0.05, 0) is 30.2 Å². The van der Waals surface area contributed by atoms with E-state index in [-0.39, 0.29) is 6.54 Å². The molecule has 0 radical (unpaired) electrons. The van der Waals surface area contributed by atoms with E-state index < -0.39 is 11.4 Å². The minimum Gasteiger partial charge on any atom is -0.368 e. The van der Waals surface area contributed by atoms with Crippen molar-refractivity contribution in [3.8, 4) is 0 Å². The zero-order valence-electron chi connectivity index (χ0n) is 10.2. The molecule has 1 aromatic carbocycles. The minimum absolute atomic E-state index is 0.216. The first-order valence-corrected chi connectivity index (χ1v) is 6.60. The van der Waals surface area contributed by atoms with Crippen molar-refractivity contribution >= 4 is 33.4 Å². The van der Waals surface area contributed by atoms with Crippen molar-refractivity contribution in [2.75, 3.05) is 13.1 Å². The van der Waals surface area contributed by atoms with Gasteiger partial charge in [-0.1, -0.05) is 38.7 Å². The second-order valence-electron chi connectivity index (χ2n) is 3.99. The summed E-state index contributed by atoms with van der Waals surface area (Å²) in [6, 6.07) is 5.18. The fraction of sp³-hybridized carbons (Fsp3) is 0.364. The van der Waals surface area contributed by atoms with Crippen LogP contribution >= 0.6 is 27.5 Å². The fourth-order valence-corrected chi connectivity index (χ4v) is 2.47. The molecule has 1 rings (SSSR count). The highest BCUT2D eigenvalue weighted by Gasteiger charge is 2.34. The number of primary amides is 1. The lowest BCUT2D eigenvalue weighted by Crippen LogP contribution is -2.51. The molecule has 8 heteroatoms. The Kier molecular flexibility index (Phi) is 5.62. The summed E-state index contributed by atoms with van der Waals surface area (Å²) >= 11 is 9.44. The molecule has 6 nitrogen and oxygen atoms in total. The van der Waals surface area contributed by atoms with Gasteiger partial charge in [0.25, 0.3) is 0 Å². The van der Waals surface area contributed by atoms with Crippen LogP contribution in [0.4, 0.5) is 0 Å². The summed E-state index contributed by atoms with van der Waals surface area (Å²) in [6.07, 6.45) is 0. The van der Waals surface area contributed by atoms with Crippen molar-refractivity contribution in [3.63, 3.8) is 0 Å². The number of nitrogens with two attached hydrogens (primary N) is 1. The molecule has 0 fully saturated rings. The van der Waals surface area contributed by atoms with E-state index in [0.717, 1.165) is 4.47 Å². The van der Waals surface area contributed by atoms with Gasteiger partial charge in [0.15, 0.2) is 0 Å². The molecule has 0 aromatic heterocycles. The van der Waals surface area contributed by atoms with E-state index in [1.54, 1.807) is 25.1 Å². The van der Waals surface area contributed by atoms with Crippen molar-refractivity contribution < 1.29 is 4.79 Å². The first kappa shape index (κ1) is 15.8. The SMILES string of the molecule is CC(NCCN=[N+]=[N-])(C(N)=O)c1ccc(Br)cc1Cl. The van der Waals surface area contributed by atoms with Gasteiger partial charge >= 0.3 is 0 Å². The highest BCUT2D eigenvalue weighted by molar-refractivity contribution is 9.10. The summed E-state index contributed by atoms with van der Waals surface area (Å²) in [5, 5.41) is 6.78. The Morgan fingerprint density at radius 1 is 1.68 bits per heavy atom. The van der Waals surface area contributed by atoms with Gasteiger partial charge in [-0.25, -0.2) is 0 Å². The first-order chi connectivity index (χ1) is 8.91. The van der Waals surface area contributed by atoms with Crippen LogP contribution in [0.15, 0.2) is 27.8 Å². The predicted octanol–water partition coefficient (Wildman–Crippen LogP) is 2.70. The number of azide groups is 1. The van der Waals surface area contributed by atoms with Crippen LogP contribution in [0.2, 0.25) is 5.02 Å². The zero-order chi connectivity index (χ0) is 14.5. The number of rotatable bonds is 6.